The van der Waals surface area contributed by atoms with Gasteiger partial charge in [-0.25, -0.2) is 0 Å². The van der Waals surface area contributed by atoms with E-state index >= 15 is 0 Å². The average molecular weight is 326 g/mol. The van der Waals surface area contributed by atoms with Crippen molar-refractivity contribution in [3.05, 3.63) is 0 Å². The van der Waals surface area contributed by atoms with E-state index in [0.29, 0.717) is 0 Å². The van der Waals surface area contributed by atoms with Gasteiger partial charge < -0.3 is 4.90 Å². The van der Waals surface area contributed by atoms with Crippen LogP contribution >= 0.6 is 28.6 Å². The summed E-state index contributed by atoms with van der Waals surface area (Å²) in [6, 6.07) is 0. The molecule has 0 aliphatic heterocycles. The maximum atomic E-state index is 4.20. The number of unbranched alkanes of at least 4 members (excludes halogenated alkanes) is 8. The Hall–Kier alpha value is 0.790. The van der Waals surface area contributed by atoms with E-state index in [0.717, 1.165) is 5.75 Å². The molecule has 0 fully saturated rings. The number of thiol groups is 1. The number of hydrogen-bond acceptors (Lipinski definition) is 2. The van der Waals surface area contributed by atoms with Crippen molar-refractivity contribution in [2.45, 2.75) is 57.8 Å². The van der Waals surface area contributed by atoms with Crippen molar-refractivity contribution in [3.8, 4) is 0 Å². The molecule has 0 N–H and O–H groups in total. The van der Waals surface area contributed by atoms with Crippen molar-refractivity contribution in [1.82, 2.24) is 4.90 Å². The van der Waals surface area contributed by atoms with Crippen LogP contribution in [0, 0.1) is 0 Å². The minimum Gasteiger partial charge on any atom is -0.312 e. The molecule has 0 aromatic carbocycles. The molecule has 3 heteroatoms. The van der Waals surface area contributed by atoms with Gasteiger partial charge in [0.15, 0.2) is 0 Å². The molecule has 0 atom stereocenters. The van der Waals surface area contributed by atoms with E-state index in [4.69, 9.17) is 0 Å². The zero-order valence-corrected chi connectivity index (χ0v) is 14.5. The minimum absolute atomic E-state index is 1.06. The Morgan fingerprint density at radius 3 is 1.29 bits per heavy atom. The lowest BCUT2D eigenvalue weighted by atomic mass is 10.1. The maximum absolute atomic E-state index is 4.20. The second kappa shape index (κ2) is 19.1. The molecule has 0 radical (unpaired) electrons. The van der Waals surface area contributed by atoms with Gasteiger partial charge >= 0.3 is 0 Å². The summed E-state index contributed by atoms with van der Waals surface area (Å²) >= 11 is 7.65. The maximum Gasteiger partial charge on any atom is 0.00313 e. The first kappa shape index (κ1) is 20.1. The zero-order chi connectivity index (χ0) is 13.4. The van der Waals surface area contributed by atoms with Gasteiger partial charge in [0.25, 0.3) is 0 Å². The first-order valence-electron chi connectivity index (χ1n) is 6.93. The molecule has 0 aromatic rings. The van der Waals surface area contributed by atoms with E-state index in [1.54, 1.807) is 0 Å². The van der Waals surface area contributed by atoms with Gasteiger partial charge in [0, 0.05) is 5.33 Å². The molecule has 0 amide bonds. The normalized spacial score (nSPS) is 10.2. The Morgan fingerprint density at radius 2 is 1.00 bits per heavy atom. The fourth-order valence-corrected chi connectivity index (χ4v) is 2.06. The number of halogens is 1. The van der Waals surface area contributed by atoms with Crippen molar-refractivity contribution in [3.63, 3.8) is 0 Å². The van der Waals surface area contributed by atoms with E-state index in [9.17, 15) is 0 Å². The van der Waals surface area contributed by atoms with Crippen LogP contribution in [0.1, 0.15) is 57.8 Å². The van der Waals surface area contributed by atoms with Gasteiger partial charge in [-0.05, 0) is 39.7 Å². The molecule has 0 aliphatic carbocycles. The molecule has 0 heterocycles. The highest BCUT2D eigenvalue weighted by molar-refractivity contribution is 9.09. The third-order valence-corrected chi connectivity index (χ3v) is 3.17. The Bertz CT molecular complexity index is 108. The molecular weight excluding hydrogens is 294 g/mol. The molecular formula is C14H32BrNS. The first-order valence-corrected chi connectivity index (χ1v) is 8.68. The molecule has 0 spiro atoms. The Kier molecular flexibility index (Phi) is 22.6. The molecule has 0 rings (SSSR count). The SMILES string of the molecule is CN(C)C.SCCCCCCCCCCCBr. The first-order chi connectivity index (χ1) is 8.15. The summed E-state index contributed by atoms with van der Waals surface area (Å²) in [6.45, 7) is 0. The van der Waals surface area contributed by atoms with Crippen LogP contribution in [0.25, 0.3) is 0 Å². The molecule has 17 heavy (non-hydrogen) atoms. The standard InChI is InChI=1S/C11H23BrS.C3H9N/c12-10-8-6-4-2-1-3-5-7-9-11-13;1-4(2)3/h13H,1-11H2;1-3H3. The monoisotopic (exact) mass is 325 g/mol. The van der Waals surface area contributed by atoms with Gasteiger partial charge in [-0.1, -0.05) is 60.9 Å². The second-order valence-electron chi connectivity index (χ2n) is 4.94. The average Bonchev–Trinajstić information content (AvgIpc) is 2.26. The summed E-state index contributed by atoms with van der Waals surface area (Å²) < 4.78 is 0. The van der Waals surface area contributed by atoms with Gasteiger partial charge in [-0.15, -0.1) is 0 Å². The summed E-state index contributed by atoms with van der Waals surface area (Å²) in [5, 5.41) is 1.18. The molecule has 0 bridgehead atoms. The second-order valence-corrected chi connectivity index (χ2v) is 6.18. The van der Waals surface area contributed by atoms with E-state index in [2.05, 4.69) is 28.6 Å². The molecule has 1 nitrogen and oxygen atoms in total. The quantitative estimate of drug-likeness (QED) is 0.336. The van der Waals surface area contributed by atoms with E-state index < -0.39 is 0 Å². The Balaban J connectivity index is 0. The summed E-state index contributed by atoms with van der Waals surface area (Å²) in [4.78, 5) is 2.00. The van der Waals surface area contributed by atoms with Crippen LogP contribution in [-0.4, -0.2) is 37.1 Å². The molecule has 0 aromatic heterocycles. The number of alkyl halides is 1. The highest BCUT2D eigenvalue weighted by Gasteiger charge is 1.91. The Labute approximate surface area is 123 Å². The third-order valence-electron chi connectivity index (χ3n) is 2.29. The van der Waals surface area contributed by atoms with Gasteiger partial charge in [0.2, 0.25) is 0 Å². The predicted molar refractivity (Wildman–Crippen MR) is 88.8 cm³/mol. The van der Waals surface area contributed by atoms with Crippen LogP contribution in [0.2, 0.25) is 0 Å². The highest BCUT2D eigenvalue weighted by Crippen LogP contribution is 2.10. The summed E-state index contributed by atoms with van der Waals surface area (Å²) in [7, 11) is 6.00. The molecule has 0 saturated carbocycles. The number of nitrogens with zero attached hydrogens (tertiary/aromatic N) is 1. The van der Waals surface area contributed by atoms with Gasteiger partial charge in [0.1, 0.15) is 0 Å². The molecule has 0 aliphatic rings. The van der Waals surface area contributed by atoms with Crippen molar-refractivity contribution >= 4 is 28.6 Å². The van der Waals surface area contributed by atoms with Crippen molar-refractivity contribution in [2.75, 3.05) is 32.2 Å². The van der Waals surface area contributed by atoms with Gasteiger partial charge in [0.05, 0.1) is 0 Å². The van der Waals surface area contributed by atoms with Crippen LogP contribution in [0.4, 0.5) is 0 Å². The lowest BCUT2D eigenvalue weighted by Gasteiger charge is -2.00. The fourth-order valence-electron chi connectivity index (χ4n) is 1.44. The fraction of sp³-hybridized carbons (Fsp3) is 1.00. The molecule has 106 valence electrons. The highest BCUT2D eigenvalue weighted by atomic mass is 79.9. The summed E-state index contributed by atoms with van der Waals surface area (Å²) in [6.07, 6.45) is 12.6. The van der Waals surface area contributed by atoms with Crippen molar-refractivity contribution in [2.24, 2.45) is 0 Å². The molecule has 0 unspecified atom stereocenters. The zero-order valence-electron chi connectivity index (χ0n) is 12.1. The lowest BCUT2D eigenvalue weighted by molar-refractivity contribution is 0.505. The van der Waals surface area contributed by atoms with E-state index in [1.165, 1.54) is 63.1 Å². The lowest BCUT2D eigenvalue weighted by Crippen LogP contribution is -1.99. The van der Waals surface area contributed by atoms with E-state index in [-0.39, 0.29) is 0 Å². The summed E-state index contributed by atoms with van der Waals surface area (Å²) in [5.41, 5.74) is 0. The van der Waals surface area contributed by atoms with Crippen LogP contribution in [0.3, 0.4) is 0 Å². The molecule has 0 saturated heterocycles. The number of rotatable bonds is 10. The van der Waals surface area contributed by atoms with Crippen molar-refractivity contribution in [1.29, 1.82) is 0 Å². The predicted octanol–water partition coefficient (Wildman–Crippen LogP) is 5.00. The largest absolute Gasteiger partial charge is 0.312 e. The van der Waals surface area contributed by atoms with Crippen LogP contribution < -0.4 is 0 Å². The number of hydrogen-bond donors (Lipinski definition) is 1. The Morgan fingerprint density at radius 1 is 0.706 bits per heavy atom. The van der Waals surface area contributed by atoms with Crippen LogP contribution in [0.15, 0.2) is 0 Å². The third kappa shape index (κ3) is 31.5. The van der Waals surface area contributed by atoms with Crippen LogP contribution in [0.5, 0.6) is 0 Å². The smallest absolute Gasteiger partial charge is 0.00313 e. The summed E-state index contributed by atoms with van der Waals surface area (Å²) in [5.74, 6) is 1.06. The van der Waals surface area contributed by atoms with Crippen LogP contribution in [-0.2, 0) is 0 Å². The van der Waals surface area contributed by atoms with Crippen molar-refractivity contribution < 1.29 is 0 Å². The van der Waals surface area contributed by atoms with E-state index in [1.807, 2.05) is 26.0 Å². The minimum atomic E-state index is 1.06. The topological polar surface area (TPSA) is 3.24 Å². The van der Waals surface area contributed by atoms with Gasteiger partial charge in [-0.2, -0.15) is 12.6 Å². The van der Waals surface area contributed by atoms with Gasteiger partial charge in [-0.3, -0.25) is 0 Å².